The Morgan fingerprint density at radius 2 is 1.76 bits per heavy atom. The first-order valence-electron chi connectivity index (χ1n) is 11.4. The number of aromatic nitrogens is 2. The van der Waals surface area contributed by atoms with E-state index in [-0.39, 0.29) is 42.2 Å². The molecule has 1 aromatic carbocycles. The van der Waals surface area contributed by atoms with E-state index in [9.17, 15) is 22.4 Å². The molecule has 2 aromatic heterocycles. The van der Waals surface area contributed by atoms with Gasteiger partial charge in [-0.3, -0.25) is 4.79 Å². The Morgan fingerprint density at radius 1 is 1.09 bits per heavy atom. The number of imidazole rings is 1. The van der Waals surface area contributed by atoms with Crippen molar-refractivity contribution in [2.75, 3.05) is 5.32 Å². The predicted molar refractivity (Wildman–Crippen MR) is 122 cm³/mol. The molecule has 0 spiro atoms. The molecule has 0 aliphatic heterocycles. The fraction of sp³-hybridized carbons (Fsp3) is 0.440. The smallest absolute Gasteiger partial charge is 0.257 e. The van der Waals surface area contributed by atoms with Crippen LogP contribution in [0.5, 0.6) is 0 Å². The Morgan fingerprint density at radius 3 is 2.41 bits per heavy atom. The molecule has 1 amide bonds. The van der Waals surface area contributed by atoms with Crippen molar-refractivity contribution in [1.29, 1.82) is 0 Å². The fourth-order valence-corrected chi connectivity index (χ4v) is 5.22. The Balaban J connectivity index is 1.48. The van der Waals surface area contributed by atoms with E-state index < -0.39 is 23.7 Å². The number of hydrogen-bond donors (Lipinski definition) is 1. The lowest BCUT2D eigenvalue weighted by Crippen LogP contribution is -2.34. The number of nitrogens with one attached hydrogen (secondary N) is 1. The van der Waals surface area contributed by atoms with Gasteiger partial charge in [0.05, 0.1) is 16.3 Å². The Kier molecular flexibility index (Phi) is 5.82. The lowest BCUT2D eigenvalue weighted by atomic mass is 9.77. The van der Waals surface area contributed by atoms with Crippen LogP contribution in [0.4, 0.5) is 23.2 Å². The van der Waals surface area contributed by atoms with Crippen LogP contribution < -0.4 is 5.32 Å². The first-order chi connectivity index (χ1) is 16.1. The van der Waals surface area contributed by atoms with E-state index in [1.807, 2.05) is 6.07 Å². The molecule has 2 aliphatic rings. The SMILES string of the molecule is O=C(Nc1ccccc1)c1cc2nc(C3CC(F)(F)C3)c(CC3CCC(F)(F)CC3)n2cc1Cl. The van der Waals surface area contributed by atoms with Crippen molar-refractivity contribution in [3.63, 3.8) is 0 Å². The number of hydrogen-bond acceptors (Lipinski definition) is 2. The minimum absolute atomic E-state index is 0.0127. The molecule has 2 fully saturated rings. The summed E-state index contributed by atoms with van der Waals surface area (Å²) >= 11 is 6.47. The molecule has 1 N–H and O–H groups in total. The monoisotopic (exact) mass is 493 g/mol. The zero-order valence-corrected chi connectivity index (χ0v) is 19.1. The molecule has 5 rings (SSSR count). The van der Waals surface area contributed by atoms with E-state index in [4.69, 9.17) is 11.6 Å². The van der Waals surface area contributed by atoms with Gasteiger partial charge in [0.15, 0.2) is 0 Å². The summed E-state index contributed by atoms with van der Waals surface area (Å²) < 4.78 is 56.3. The van der Waals surface area contributed by atoms with Gasteiger partial charge in [-0.2, -0.15) is 0 Å². The summed E-state index contributed by atoms with van der Waals surface area (Å²) in [5.41, 5.74) is 2.54. The quantitative estimate of drug-likeness (QED) is 0.384. The highest BCUT2D eigenvalue weighted by molar-refractivity contribution is 6.34. The lowest BCUT2D eigenvalue weighted by Gasteiger charge is -2.35. The molecule has 3 aromatic rings. The number of nitrogens with zero attached hydrogens (tertiary/aromatic N) is 2. The van der Waals surface area contributed by atoms with Gasteiger partial charge < -0.3 is 9.72 Å². The van der Waals surface area contributed by atoms with E-state index in [0.29, 0.717) is 36.3 Å². The van der Waals surface area contributed by atoms with Crippen LogP contribution in [0.25, 0.3) is 5.65 Å². The molecule has 2 heterocycles. The number of fused-ring (bicyclic) bond motifs is 1. The zero-order chi connectivity index (χ0) is 24.1. The average Bonchev–Trinajstić information content (AvgIpc) is 3.10. The van der Waals surface area contributed by atoms with E-state index in [1.54, 1.807) is 40.9 Å². The number of halogens is 5. The average molecular weight is 494 g/mol. The van der Waals surface area contributed by atoms with Crippen LogP contribution in [0.15, 0.2) is 42.6 Å². The van der Waals surface area contributed by atoms with Gasteiger partial charge in [0, 0.05) is 49.2 Å². The summed E-state index contributed by atoms with van der Waals surface area (Å²) in [6.45, 7) is 0. The standard InChI is InChI=1S/C25H24ClF4N3O/c26-19-14-33-20(10-15-6-8-24(27,28)9-7-15)22(16-12-25(29,30)13-16)32-21(33)11-18(19)23(34)31-17-4-2-1-3-5-17/h1-5,11,14-16H,6-10,12-13H2,(H,31,34). The summed E-state index contributed by atoms with van der Waals surface area (Å²) in [7, 11) is 0. The van der Waals surface area contributed by atoms with E-state index >= 15 is 0 Å². The van der Waals surface area contributed by atoms with Crippen LogP contribution >= 0.6 is 11.6 Å². The summed E-state index contributed by atoms with van der Waals surface area (Å²) in [6, 6.07) is 10.5. The number of carbonyl (C=O) groups excluding carboxylic acids is 1. The van der Waals surface area contributed by atoms with Crippen molar-refractivity contribution in [3.05, 3.63) is 64.6 Å². The Bertz CT molecular complexity index is 1210. The molecule has 0 bridgehead atoms. The third kappa shape index (κ3) is 4.65. The maximum atomic E-state index is 13.7. The molecule has 4 nitrogen and oxygen atoms in total. The van der Waals surface area contributed by atoms with E-state index in [0.717, 1.165) is 5.69 Å². The minimum atomic E-state index is -2.72. The van der Waals surface area contributed by atoms with Crippen LogP contribution in [-0.4, -0.2) is 27.1 Å². The number of carbonyl (C=O) groups is 1. The van der Waals surface area contributed by atoms with Gasteiger partial charge >= 0.3 is 0 Å². The predicted octanol–water partition coefficient (Wildman–Crippen LogP) is 7.12. The molecule has 2 aliphatic carbocycles. The van der Waals surface area contributed by atoms with Gasteiger partial charge in [-0.15, -0.1) is 0 Å². The topological polar surface area (TPSA) is 46.4 Å². The largest absolute Gasteiger partial charge is 0.322 e. The number of alkyl halides is 4. The molecule has 0 unspecified atom stereocenters. The van der Waals surface area contributed by atoms with Crippen LogP contribution in [0.1, 0.15) is 66.2 Å². The maximum Gasteiger partial charge on any atom is 0.257 e. The van der Waals surface area contributed by atoms with Gasteiger partial charge in [0.25, 0.3) is 5.91 Å². The minimum Gasteiger partial charge on any atom is -0.322 e. The van der Waals surface area contributed by atoms with Crippen LogP contribution in [0.3, 0.4) is 0 Å². The molecule has 0 radical (unpaired) electrons. The molecular weight excluding hydrogens is 470 g/mol. The molecule has 9 heteroatoms. The van der Waals surface area contributed by atoms with Crippen LogP contribution in [0.2, 0.25) is 5.02 Å². The highest BCUT2D eigenvalue weighted by atomic mass is 35.5. The van der Waals surface area contributed by atoms with Crippen molar-refractivity contribution in [2.24, 2.45) is 5.92 Å². The van der Waals surface area contributed by atoms with Gasteiger partial charge in [-0.25, -0.2) is 22.5 Å². The molecule has 34 heavy (non-hydrogen) atoms. The van der Waals surface area contributed by atoms with Crippen molar-refractivity contribution in [3.8, 4) is 0 Å². The van der Waals surface area contributed by atoms with Crippen molar-refractivity contribution < 1.29 is 22.4 Å². The second kappa shape index (κ2) is 8.56. The summed E-state index contributed by atoms with van der Waals surface area (Å²) in [5.74, 6) is -6.16. The highest BCUT2D eigenvalue weighted by Crippen LogP contribution is 2.49. The Hall–Kier alpha value is -2.61. The summed E-state index contributed by atoms with van der Waals surface area (Å²) in [4.78, 5) is 17.5. The van der Waals surface area contributed by atoms with Crippen LogP contribution in [-0.2, 0) is 6.42 Å². The molecule has 0 atom stereocenters. The van der Waals surface area contributed by atoms with Crippen molar-refractivity contribution in [2.45, 2.75) is 62.7 Å². The molecule has 180 valence electrons. The first-order valence-corrected chi connectivity index (χ1v) is 11.8. The van der Waals surface area contributed by atoms with E-state index in [2.05, 4.69) is 10.3 Å². The number of amides is 1. The molecular formula is C25H24ClF4N3O. The van der Waals surface area contributed by atoms with E-state index in [1.165, 1.54) is 0 Å². The van der Waals surface area contributed by atoms with Gasteiger partial charge in [0.1, 0.15) is 5.65 Å². The normalized spacial score (nSPS) is 20.3. The summed E-state index contributed by atoms with van der Waals surface area (Å²) in [5, 5.41) is 2.98. The first kappa shape index (κ1) is 23.1. The number of anilines is 1. The molecule has 0 saturated heterocycles. The van der Waals surface area contributed by atoms with Gasteiger partial charge in [-0.1, -0.05) is 29.8 Å². The number of pyridine rings is 1. The highest BCUT2D eigenvalue weighted by Gasteiger charge is 2.48. The summed E-state index contributed by atoms with van der Waals surface area (Å²) in [6.07, 6.45) is 1.85. The Labute approximate surface area is 199 Å². The van der Waals surface area contributed by atoms with Crippen molar-refractivity contribution >= 4 is 28.8 Å². The number of para-hydroxylation sites is 1. The lowest BCUT2D eigenvalue weighted by molar-refractivity contribution is -0.0878. The van der Waals surface area contributed by atoms with Gasteiger partial charge in [0.2, 0.25) is 11.8 Å². The zero-order valence-electron chi connectivity index (χ0n) is 18.3. The van der Waals surface area contributed by atoms with Crippen LogP contribution in [0, 0.1) is 5.92 Å². The number of benzene rings is 1. The third-order valence-corrected chi connectivity index (χ3v) is 7.21. The maximum absolute atomic E-state index is 13.7. The molecule has 2 saturated carbocycles. The van der Waals surface area contributed by atoms with Gasteiger partial charge in [-0.05, 0) is 43.4 Å². The third-order valence-electron chi connectivity index (χ3n) is 6.91. The van der Waals surface area contributed by atoms with Crippen molar-refractivity contribution in [1.82, 2.24) is 9.38 Å². The number of rotatable bonds is 5. The second-order valence-electron chi connectivity index (χ2n) is 9.49. The fourth-order valence-electron chi connectivity index (χ4n) is 4.99. The second-order valence-corrected chi connectivity index (χ2v) is 9.90.